The molecule has 84 valence electrons. The number of thiol groups is 1. The zero-order valence-corrected chi connectivity index (χ0v) is 9.63. The molecule has 2 aliphatic rings. The Morgan fingerprint density at radius 3 is 2.87 bits per heavy atom. The maximum Gasteiger partial charge on any atom is 0.354 e. The summed E-state index contributed by atoms with van der Waals surface area (Å²) in [6.07, 6.45) is 3.63. The van der Waals surface area contributed by atoms with Crippen molar-refractivity contribution in [1.29, 1.82) is 0 Å². The molecular formula is C10H15NO3S. The molecule has 1 aliphatic carbocycles. The van der Waals surface area contributed by atoms with Crippen LogP contribution in [0.25, 0.3) is 0 Å². The number of carbonyl (C=O) groups excluding carboxylic acids is 1. The first-order chi connectivity index (χ1) is 7.19. The largest absolute Gasteiger partial charge is 0.463 e. The highest BCUT2D eigenvalue weighted by molar-refractivity contribution is 7.97. The first-order valence-corrected chi connectivity index (χ1v) is 5.75. The van der Waals surface area contributed by atoms with E-state index in [0.717, 1.165) is 19.3 Å². The van der Waals surface area contributed by atoms with Crippen molar-refractivity contribution in [3.8, 4) is 0 Å². The van der Waals surface area contributed by atoms with Gasteiger partial charge in [-0.1, -0.05) is 11.6 Å². The van der Waals surface area contributed by atoms with Crippen molar-refractivity contribution < 1.29 is 14.4 Å². The standard InChI is InChI=1S/C10H15NO3S/c1-2-13-9(12)10(7-4-3-5-7)6-8(15)11-14-10/h7H,2-6H2,1H3,(H,11,15). The van der Waals surface area contributed by atoms with Crippen molar-refractivity contribution in [2.75, 3.05) is 6.61 Å². The average Bonchev–Trinajstić information content (AvgIpc) is 2.46. The Balaban J connectivity index is 2.13. The van der Waals surface area contributed by atoms with Gasteiger partial charge in [-0.25, -0.2) is 4.79 Å². The highest BCUT2D eigenvalue weighted by Gasteiger charge is 2.55. The van der Waals surface area contributed by atoms with Crippen molar-refractivity contribution in [3.63, 3.8) is 0 Å². The Bertz CT molecular complexity index is 301. The molecule has 1 saturated carbocycles. The van der Waals surface area contributed by atoms with Gasteiger partial charge in [-0.05, 0) is 19.8 Å². The van der Waals surface area contributed by atoms with E-state index in [2.05, 4.69) is 17.8 Å². The number of esters is 1. The summed E-state index contributed by atoms with van der Waals surface area (Å²) in [6, 6.07) is 0. The first kappa shape index (κ1) is 10.8. The minimum atomic E-state index is -0.870. The third-order valence-electron chi connectivity index (χ3n) is 3.12. The summed E-state index contributed by atoms with van der Waals surface area (Å²) < 4.78 is 5.06. The van der Waals surface area contributed by atoms with Crippen molar-refractivity contribution in [2.24, 2.45) is 11.1 Å². The van der Waals surface area contributed by atoms with Crippen molar-refractivity contribution in [3.05, 3.63) is 0 Å². The molecule has 1 aliphatic heterocycles. The van der Waals surface area contributed by atoms with Crippen LogP contribution in [0.4, 0.5) is 0 Å². The second-order valence-electron chi connectivity index (χ2n) is 4.01. The van der Waals surface area contributed by atoms with Crippen LogP contribution >= 0.6 is 12.6 Å². The zero-order chi connectivity index (χ0) is 10.9. The van der Waals surface area contributed by atoms with Gasteiger partial charge >= 0.3 is 5.97 Å². The predicted octanol–water partition coefficient (Wildman–Crippen LogP) is 1.75. The van der Waals surface area contributed by atoms with Crippen LogP contribution in [0.5, 0.6) is 0 Å². The summed E-state index contributed by atoms with van der Waals surface area (Å²) in [7, 11) is 0. The molecule has 0 aromatic carbocycles. The Labute approximate surface area is 94.4 Å². The van der Waals surface area contributed by atoms with E-state index in [1.54, 1.807) is 6.92 Å². The molecule has 15 heavy (non-hydrogen) atoms. The minimum absolute atomic E-state index is 0.241. The second kappa shape index (κ2) is 4.04. The molecule has 1 fully saturated rings. The number of rotatable bonds is 3. The smallest absolute Gasteiger partial charge is 0.354 e. The Morgan fingerprint density at radius 1 is 1.73 bits per heavy atom. The van der Waals surface area contributed by atoms with E-state index in [4.69, 9.17) is 9.57 Å². The first-order valence-electron chi connectivity index (χ1n) is 5.30. The van der Waals surface area contributed by atoms with E-state index in [1.807, 2.05) is 0 Å². The third kappa shape index (κ3) is 1.73. The van der Waals surface area contributed by atoms with E-state index < -0.39 is 5.60 Å². The lowest BCUT2D eigenvalue weighted by Crippen LogP contribution is -2.49. The van der Waals surface area contributed by atoms with Crippen LogP contribution in [0.1, 0.15) is 32.6 Å². The lowest BCUT2D eigenvalue weighted by atomic mass is 9.71. The van der Waals surface area contributed by atoms with Gasteiger partial charge in [0.05, 0.1) is 13.0 Å². The minimum Gasteiger partial charge on any atom is -0.463 e. The maximum atomic E-state index is 11.9. The molecule has 0 N–H and O–H groups in total. The molecule has 0 amide bonds. The van der Waals surface area contributed by atoms with Gasteiger partial charge in [0.2, 0.25) is 5.60 Å². The molecule has 0 aromatic heterocycles. The van der Waals surface area contributed by atoms with Gasteiger partial charge in [0.25, 0.3) is 0 Å². The predicted molar refractivity (Wildman–Crippen MR) is 58.8 cm³/mol. The molecule has 0 aromatic rings. The van der Waals surface area contributed by atoms with Gasteiger partial charge in [0.15, 0.2) is 0 Å². The topological polar surface area (TPSA) is 47.9 Å². The van der Waals surface area contributed by atoms with Crippen LogP contribution in [0.15, 0.2) is 5.16 Å². The van der Waals surface area contributed by atoms with E-state index >= 15 is 0 Å². The van der Waals surface area contributed by atoms with Gasteiger partial charge in [0, 0.05) is 5.92 Å². The van der Waals surface area contributed by atoms with Gasteiger partial charge in [-0.15, -0.1) is 12.6 Å². The van der Waals surface area contributed by atoms with Gasteiger partial charge < -0.3 is 9.57 Å². The van der Waals surface area contributed by atoms with Crippen LogP contribution in [-0.4, -0.2) is 23.2 Å². The summed E-state index contributed by atoms with van der Waals surface area (Å²) in [5.41, 5.74) is -0.870. The highest BCUT2D eigenvalue weighted by Crippen LogP contribution is 2.44. The monoisotopic (exact) mass is 229 g/mol. The van der Waals surface area contributed by atoms with E-state index in [1.165, 1.54) is 0 Å². The van der Waals surface area contributed by atoms with Crippen molar-refractivity contribution >= 4 is 23.6 Å². The van der Waals surface area contributed by atoms with E-state index in [-0.39, 0.29) is 11.9 Å². The number of ether oxygens (including phenoxy) is 1. The molecule has 0 bridgehead atoms. The molecule has 1 unspecified atom stereocenters. The summed E-state index contributed by atoms with van der Waals surface area (Å²) in [4.78, 5) is 17.2. The fourth-order valence-corrected chi connectivity index (χ4v) is 2.33. The maximum absolute atomic E-state index is 11.9. The van der Waals surface area contributed by atoms with Crippen LogP contribution < -0.4 is 0 Å². The summed E-state index contributed by atoms with van der Waals surface area (Å²) in [6.45, 7) is 2.17. The van der Waals surface area contributed by atoms with Crippen molar-refractivity contribution in [2.45, 2.75) is 38.2 Å². The highest BCUT2D eigenvalue weighted by atomic mass is 32.1. The van der Waals surface area contributed by atoms with Gasteiger partial charge in [-0.3, -0.25) is 0 Å². The van der Waals surface area contributed by atoms with Gasteiger partial charge in [-0.2, -0.15) is 0 Å². The van der Waals surface area contributed by atoms with Crippen molar-refractivity contribution in [1.82, 2.24) is 0 Å². The Hall–Kier alpha value is -0.710. The Morgan fingerprint density at radius 2 is 2.47 bits per heavy atom. The normalized spacial score (nSPS) is 30.4. The molecule has 0 spiro atoms. The molecule has 1 atom stereocenters. The fourth-order valence-electron chi connectivity index (χ4n) is 2.06. The SMILES string of the molecule is CCOC(=O)C1(C2CCC2)CC(S)=NO1. The van der Waals surface area contributed by atoms with E-state index in [0.29, 0.717) is 18.1 Å². The van der Waals surface area contributed by atoms with Crippen LogP contribution in [0.3, 0.4) is 0 Å². The number of hydrogen-bond acceptors (Lipinski definition) is 4. The fraction of sp³-hybridized carbons (Fsp3) is 0.800. The molecule has 1 heterocycles. The summed E-state index contributed by atoms with van der Waals surface area (Å²) in [5.74, 6) is -0.0487. The molecule has 4 nitrogen and oxygen atoms in total. The second-order valence-corrected chi connectivity index (χ2v) is 4.53. The molecule has 0 radical (unpaired) electrons. The quantitative estimate of drug-likeness (QED) is 0.592. The molecule has 2 rings (SSSR count). The molecule has 0 saturated heterocycles. The van der Waals surface area contributed by atoms with Crippen LogP contribution in [0.2, 0.25) is 0 Å². The average molecular weight is 229 g/mol. The lowest BCUT2D eigenvalue weighted by molar-refractivity contribution is -0.181. The summed E-state index contributed by atoms with van der Waals surface area (Å²) >= 11 is 4.14. The summed E-state index contributed by atoms with van der Waals surface area (Å²) in [5, 5.41) is 4.35. The third-order valence-corrected chi connectivity index (χ3v) is 3.36. The number of nitrogens with zero attached hydrogens (tertiary/aromatic N) is 1. The van der Waals surface area contributed by atoms with Crippen LogP contribution in [-0.2, 0) is 14.4 Å². The number of oxime groups is 1. The zero-order valence-electron chi connectivity index (χ0n) is 8.73. The molecular weight excluding hydrogens is 214 g/mol. The number of hydrogen-bond donors (Lipinski definition) is 1. The lowest BCUT2D eigenvalue weighted by Gasteiger charge is -2.37. The number of carbonyl (C=O) groups is 1. The van der Waals surface area contributed by atoms with Crippen LogP contribution in [0, 0.1) is 5.92 Å². The Kier molecular flexibility index (Phi) is 2.91. The van der Waals surface area contributed by atoms with E-state index in [9.17, 15) is 4.79 Å². The van der Waals surface area contributed by atoms with Gasteiger partial charge in [0.1, 0.15) is 5.04 Å². The molecule has 5 heteroatoms.